The lowest BCUT2D eigenvalue weighted by Gasteiger charge is -2.06. The van der Waals surface area contributed by atoms with Crippen molar-refractivity contribution in [3.8, 4) is 11.4 Å². The minimum Gasteiger partial charge on any atom is -0.372 e. The number of rotatable bonds is 2. The van der Waals surface area contributed by atoms with Crippen LogP contribution in [0.5, 0.6) is 0 Å². The number of thiophene rings is 1. The number of nitrogens with one attached hydrogen (secondary N) is 1. The van der Waals surface area contributed by atoms with Crippen LogP contribution in [0.3, 0.4) is 0 Å². The summed E-state index contributed by atoms with van der Waals surface area (Å²) in [6.45, 7) is 1.86. The highest BCUT2D eigenvalue weighted by Crippen LogP contribution is 2.28. The van der Waals surface area contributed by atoms with Gasteiger partial charge in [-0.2, -0.15) is 0 Å². The molecule has 0 aliphatic rings. The Balaban J connectivity index is 2.24. The molecule has 3 aromatic rings. The number of benzene rings is 1. The summed E-state index contributed by atoms with van der Waals surface area (Å²) in [7, 11) is 1.82. The van der Waals surface area contributed by atoms with Crippen molar-refractivity contribution in [2.75, 3.05) is 12.4 Å². The minimum absolute atomic E-state index is 0.268. The van der Waals surface area contributed by atoms with Gasteiger partial charge in [0, 0.05) is 12.6 Å². The van der Waals surface area contributed by atoms with Gasteiger partial charge in [0.25, 0.3) is 0 Å². The molecule has 0 spiro atoms. The van der Waals surface area contributed by atoms with Crippen molar-refractivity contribution in [1.82, 2.24) is 9.97 Å². The van der Waals surface area contributed by atoms with Gasteiger partial charge in [-0.1, -0.05) is 0 Å². The first kappa shape index (κ1) is 12.0. The van der Waals surface area contributed by atoms with Crippen molar-refractivity contribution in [2.45, 2.75) is 6.92 Å². The van der Waals surface area contributed by atoms with Gasteiger partial charge < -0.3 is 5.32 Å². The lowest BCUT2D eigenvalue weighted by molar-refractivity contribution is 0.627. The van der Waals surface area contributed by atoms with Crippen LogP contribution in [0.4, 0.5) is 10.2 Å². The molecule has 0 saturated heterocycles. The molecular formula is C14H12FN3S. The van der Waals surface area contributed by atoms with E-state index in [1.54, 1.807) is 11.3 Å². The molecule has 3 rings (SSSR count). The third kappa shape index (κ3) is 2.17. The highest BCUT2D eigenvalue weighted by molar-refractivity contribution is 7.16. The van der Waals surface area contributed by atoms with Crippen molar-refractivity contribution in [3.05, 3.63) is 41.0 Å². The Morgan fingerprint density at radius 2 is 2.05 bits per heavy atom. The molecule has 1 aromatic carbocycles. The smallest absolute Gasteiger partial charge is 0.163 e. The van der Waals surface area contributed by atoms with E-state index in [1.807, 2.05) is 31.5 Å². The lowest BCUT2D eigenvalue weighted by Crippen LogP contribution is -1.97. The zero-order chi connectivity index (χ0) is 13.4. The molecule has 5 heteroatoms. The van der Waals surface area contributed by atoms with Crippen molar-refractivity contribution in [3.63, 3.8) is 0 Å². The van der Waals surface area contributed by atoms with E-state index < -0.39 is 0 Å². The Morgan fingerprint density at radius 3 is 2.79 bits per heavy atom. The predicted octanol–water partition coefficient (Wildman–Crippen LogP) is 3.85. The number of fused-ring (bicyclic) bond motifs is 1. The highest BCUT2D eigenvalue weighted by atomic mass is 32.1. The molecule has 0 atom stereocenters. The van der Waals surface area contributed by atoms with Gasteiger partial charge in [0.2, 0.25) is 0 Å². The zero-order valence-electron chi connectivity index (χ0n) is 10.6. The van der Waals surface area contributed by atoms with E-state index in [9.17, 15) is 4.39 Å². The van der Waals surface area contributed by atoms with Crippen molar-refractivity contribution in [2.24, 2.45) is 0 Å². The second-order valence-corrected chi connectivity index (χ2v) is 5.20. The summed E-state index contributed by atoms with van der Waals surface area (Å²) in [6, 6.07) is 6.82. The third-order valence-corrected chi connectivity index (χ3v) is 3.67. The third-order valence-electron chi connectivity index (χ3n) is 2.86. The van der Waals surface area contributed by atoms with Gasteiger partial charge in [0.15, 0.2) is 5.82 Å². The topological polar surface area (TPSA) is 37.8 Å². The quantitative estimate of drug-likeness (QED) is 0.770. The first-order valence-electron chi connectivity index (χ1n) is 5.88. The molecule has 0 bridgehead atoms. The van der Waals surface area contributed by atoms with Gasteiger partial charge in [-0.3, -0.25) is 0 Å². The SMILES string of the molecule is CNc1nc(-c2cc(C)cc(F)c2)nc2sccc12. The second-order valence-electron chi connectivity index (χ2n) is 4.30. The van der Waals surface area contributed by atoms with Crippen LogP contribution in [-0.2, 0) is 0 Å². The molecule has 1 N–H and O–H groups in total. The molecule has 19 heavy (non-hydrogen) atoms. The summed E-state index contributed by atoms with van der Waals surface area (Å²) in [5.41, 5.74) is 1.56. The van der Waals surface area contributed by atoms with Crippen LogP contribution in [0.15, 0.2) is 29.6 Å². The summed E-state index contributed by atoms with van der Waals surface area (Å²) < 4.78 is 13.5. The van der Waals surface area contributed by atoms with Gasteiger partial charge in [-0.15, -0.1) is 11.3 Å². The number of nitrogens with zero attached hydrogens (tertiary/aromatic N) is 2. The van der Waals surface area contributed by atoms with E-state index in [0.29, 0.717) is 11.4 Å². The molecule has 0 saturated carbocycles. The number of hydrogen-bond acceptors (Lipinski definition) is 4. The first-order valence-corrected chi connectivity index (χ1v) is 6.76. The van der Waals surface area contributed by atoms with Crippen LogP contribution in [-0.4, -0.2) is 17.0 Å². The number of halogens is 1. The molecule has 96 valence electrons. The summed E-state index contributed by atoms with van der Waals surface area (Å²) in [5.74, 6) is 1.04. The first-order chi connectivity index (χ1) is 9.17. The van der Waals surface area contributed by atoms with Gasteiger partial charge in [0.05, 0.1) is 5.39 Å². The molecule has 0 amide bonds. The van der Waals surface area contributed by atoms with E-state index in [1.165, 1.54) is 12.1 Å². The normalized spacial score (nSPS) is 10.9. The molecule has 2 aromatic heterocycles. The number of aromatic nitrogens is 2. The molecule has 0 aliphatic heterocycles. The van der Waals surface area contributed by atoms with E-state index in [0.717, 1.165) is 21.6 Å². The second kappa shape index (κ2) is 4.59. The lowest BCUT2D eigenvalue weighted by atomic mass is 10.1. The largest absolute Gasteiger partial charge is 0.372 e. The van der Waals surface area contributed by atoms with E-state index in [-0.39, 0.29) is 5.82 Å². The van der Waals surface area contributed by atoms with Crippen LogP contribution < -0.4 is 5.32 Å². The summed E-state index contributed by atoms with van der Waals surface area (Å²) >= 11 is 1.55. The monoisotopic (exact) mass is 273 g/mol. The standard InChI is InChI=1S/C14H12FN3S/c1-8-5-9(7-10(15)6-8)12-17-13(16-2)11-3-4-19-14(11)18-12/h3-7H,1-2H3,(H,16,17,18). The molecule has 3 nitrogen and oxygen atoms in total. The van der Waals surface area contributed by atoms with Crippen LogP contribution in [0, 0.1) is 12.7 Å². The van der Waals surface area contributed by atoms with Crippen LogP contribution in [0.25, 0.3) is 21.6 Å². The van der Waals surface area contributed by atoms with Crippen molar-refractivity contribution < 1.29 is 4.39 Å². The maximum Gasteiger partial charge on any atom is 0.163 e. The maximum atomic E-state index is 13.5. The van der Waals surface area contributed by atoms with Gasteiger partial charge in [-0.25, -0.2) is 14.4 Å². The fourth-order valence-corrected chi connectivity index (χ4v) is 2.80. The summed E-state index contributed by atoms with van der Waals surface area (Å²) in [4.78, 5) is 9.86. The van der Waals surface area contributed by atoms with Crippen LogP contribution in [0.1, 0.15) is 5.56 Å². The molecule has 2 heterocycles. The Bertz CT molecular complexity index is 731. The summed E-state index contributed by atoms with van der Waals surface area (Å²) in [5, 5.41) is 6.02. The van der Waals surface area contributed by atoms with Gasteiger partial charge >= 0.3 is 0 Å². The average molecular weight is 273 g/mol. The highest BCUT2D eigenvalue weighted by Gasteiger charge is 2.10. The van der Waals surface area contributed by atoms with Gasteiger partial charge in [0.1, 0.15) is 16.5 Å². The van der Waals surface area contributed by atoms with Crippen molar-refractivity contribution in [1.29, 1.82) is 0 Å². The van der Waals surface area contributed by atoms with Crippen molar-refractivity contribution >= 4 is 27.4 Å². The van der Waals surface area contributed by atoms with Crippen LogP contribution in [0.2, 0.25) is 0 Å². The maximum absolute atomic E-state index is 13.5. The zero-order valence-corrected chi connectivity index (χ0v) is 11.4. The van der Waals surface area contributed by atoms with Gasteiger partial charge in [-0.05, 0) is 42.1 Å². The predicted molar refractivity (Wildman–Crippen MR) is 77.1 cm³/mol. The Kier molecular flexibility index (Phi) is 2.91. The minimum atomic E-state index is -0.268. The Labute approximate surface area is 114 Å². The van der Waals surface area contributed by atoms with Crippen LogP contribution >= 0.6 is 11.3 Å². The van der Waals surface area contributed by atoms with E-state index >= 15 is 0 Å². The molecular weight excluding hydrogens is 261 g/mol. The fraction of sp³-hybridized carbons (Fsp3) is 0.143. The Hall–Kier alpha value is -2.01. The molecule has 0 radical (unpaired) electrons. The number of hydrogen-bond donors (Lipinski definition) is 1. The molecule has 0 aliphatic carbocycles. The summed E-state index contributed by atoms with van der Waals surface area (Å²) in [6.07, 6.45) is 0. The molecule has 0 unspecified atom stereocenters. The average Bonchev–Trinajstić information content (AvgIpc) is 2.84. The van der Waals surface area contributed by atoms with E-state index in [4.69, 9.17) is 0 Å². The number of aryl methyl sites for hydroxylation is 1. The van der Waals surface area contributed by atoms with E-state index in [2.05, 4.69) is 15.3 Å². The Morgan fingerprint density at radius 1 is 1.21 bits per heavy atom. The fourth-order valence-electron chi connectivity index (χ4n) is 2.04. The number of anilines is 1. The molecule has 0 fully saturated rings.